The van der Waals surface area contributed by atoms with Gasteiger partial charge in [0.1, 0.15) is 5.76 Å². The third-order valence-corrected chi connectivity index (χ3v) is 3.12. The van der Waals surface area contributed by atoms with Crippen LogP contribution in [0.3, 0.4) is 0 Å². The van der Waals surface area contributed by atoms with E-state index in [1.165, 1.54) is 24.3 Å². The normalized spacial score (nSPS) is 18.4. The molecule has 0 spiro atoms. The van der Waals surface area contributed by atoms with E-state index in [2.05, 4.69) is 0 Å². The maximum Gasteiger partial charge on any atom is 0.201 e. The largest absolute Gasteiger partial charge is 0.508 e. The molecule has 1 aliphatic carbocycles. The molecule has 0 radical (unpaired) electrons. The number of benzene rings is 1. The molecule has 1 aromatic rings. The second-order valence-electron chi connectivity index (χ2n) is 4.61. The van der Waals surface area contributed by atoms with Gasteiger partial charge in [-0.05, 0) is 24.3 Å². The zero-order valence-electron chi connectivity index (χ0n) is 10.9. The van der Waals surface area contributed by atoms with Crippen LogP contribution in [0.2, 0.25) is 0 Å². The second kappa shape index (κ2) is 5.62. The molecule has 0 saturated heterocycles. The maximum absolute atomic E-state index is 11.9. The third kappa shape index (κ3) is 3.00. The topological polar surface area (TPSA) is 118 Å². The van der Waals surface area contributed by atoms with Gasteiger partial charge in [0.2, 0.25) is 5.75 Å². The number of carbonyl (C=O) groups excluding carboxylic acids is 1. The van der Waals surface area contributed by atoms with Gasteiger partial charge in [-0.1, -0.05) is 12.2 Å². The van der Waals surface area contributed by atoms with Gasteiger partial charge in [-0.3, -0.25) is 4.79 Å². The molecule has 0 bridgehead atoms. The summed E-state index contributed by atoms with van der Waals surface area (Å²) >= 11 is 0. The number of rotatable bonds is 3. The molecular formula is C15H14O6. The number of ketones is 1. The summed E-state index contributed by atoms with van der Waals surface area (Å²) in [4.78, 5) is 11.9. The van der Waals surface area contributed by atoms with Crippen LogP contribution in [-0.4, -0.2) is 31.3 Å². The van der Waals surface area contributed by atoms with Crippen LogP contribution in [0.4, 0.5) is 0 Å². The summed E-state index contributed by atoms with van der Waals surface area (Å²) in [5.74, 6) is -3.15. The Balaban J connectivity index is 2.15. The lowest BCUT2D eigenvalue weighted by molar-refractivity contribution is 0.104. The minimum absolute atomic E-state index is 0.149. The molecule has 0 aliphatic heterocycles. The lowest BCUT2D eigenvalue weighted by Gasteiger charge is -2.12. The summed E-state index contributed by atoms with van der Waals surface area (Å²) < 4.78 is 0. The van der Waals surface area contributed by atoms with Crippen LogP contribution in [0.15, 0.2) is 48.0 Å². The van der Waals surface area contributed by atoms with E-state index in [-0.39, 0.29) is 29.4 Å². The summed E-state index contributed by atoms with van der Waals surface area (Å²) in [6, 6.07) is 2.29. The van der Waals surface area contributed by atoms with Crippen molar-refractivity contribution in [2.75, 3.05) is 0 Å². The zero-order chi connectivity index (χ0) is 15.6. The molecule has 1 atom stereocenters. The molecule has 0 aromatic heterocycles. The van der Waals surface area contributed by atoms with Crippen LogP contribution in [-0.2, 0) is 0 Å². The number of aromatic hydroxyl groups is 3. The Morgan fingerprint density at radius 3 is 2.48 bits per heavy atom. The van der Waals surface area contributed by atoms with Crippen molar-refractivity contribution in [2.24, 2.45) is 5.92 Å². The molecule has 1 unspecified atom stereocenters. The number of aliphatic hydroxyl groups is 2. The summed E-state index contributed by atoms with van der Waals surface area (Å²) in [5.41, 5.74) is -0.149. The van der Waals surface area contributed by atoms with Crippen molar-refractivity contribution in [1.82, 2.24) is 0 Å². The molecule has 6 heteroatoms. The van der Waals surface area contributed by atoms with Crippen molar-refractivity contribution in [1.29, 1.82) is 0 Å². The van der Waals surface area contributed by atoms with Crippen molar-refractivity contribution in [2.45, 2.75) is 6.42 Å². The molecule has 5 N–H and O–H groups in total. The first-order valence-corrected chi connectivity index (χ1v) is 6.16. The van der Waals surface area contributed by atoms with Gasteiger partial charge in [-0.2, -0.15) is 0 Å². The number of carbonyl (C=O) groups is 1. The van der Waals surface area contributed by atoms with E-state index >= 15 is 0 Å². The van der Waals surface area contributed by atoms with E-state index in [4.69, 9.17) is 0 Å². The second-order valence-corrected chi connectivity index (χ2v) is 4.61. The SMILES string of the molecule is O=C(C=CC1C=CC(O)=C(O)C1)c1ccc(O)c(O)c1O. The van der Waals surface area contributed by atoms with Gasteiger partial charge in [-0.15, -0.1) is 0 Å². The van der Waals surface area contributed by atoms with Gasteiger partial charge in [0.05, 0.1) is 5.56 Å². The van der Waals surface area contributed by atoms with E-state index < -0.39 is 23.0 Å². The van der Waals surface area contributed by atoms with Crippen LogP contribution in [0.1, 0.15) is 16.8 Å². The molecule has 0 amide bonds. The van der Waals surface area contributed by atoms with E-state index in [1.807, 2.05) is 0 Å². The fourth-order valence-corrected chi connectivity index (χ4v) is 1.91. The molecule has 110 valence electrons. The summed E-state index contributed by atoms with van der Waals surface area (Å²) in [5, 5.41) is 46.8. The maximum atomic E-state index is 11.9. The Labute approximate surface area is 120 Å². The highest BCUT2D eigenvalue weighted by atomic mass is 16.3. The first-order chi connectivity index (χ1) is 9.90. The van der Waals surface area contributed by atoms with Crippen LogP contribution in [0, 0.1) is 5.92 Å². The molecular weight excluding hydrogens is 276 g/mol. The Kier molecular flexibility index (Phi) is 3.89. The van der Waals surface area contributed by atoms with E-state index in [1.54, 1.807) is 6.08 Å². The fourth-order valence-electron chi connectivity index (χ4n) is 1.91. The van der Waals surface area contributed by atoms with Gasteiger partial charge in [0.15, 0.2) is 23.0 Å². The summed E-state index contributed by atoms with van der Waals surface area (Å²) in [7, 11) is 0. The standard InChI is InChI=1S/C15H14O6/c16-10(9-3-6-12(18)15(21)14(9)20)4-1-8-2-5-11(17)13(19)7-8/h1-6,8,17-21H,7H2. The Morgan fingerprint density at radius 2 is 1.81 bits per heavy atom. The van der Waals surface area contributed by atoms with Crippen molar-refractivity contribution in [3.8, 4) is 17.2 Å². The highest BCUT2D eigenvalue weighted by molar-refractivity contribution is 6.07. The monoisotopic (exact) mass is 290 g/mol. The van der Waals surface area contributed by atoms with E-state index in [0.717, 1.165) is 6.07 Å². The van der Waals surface area contributed by atoms with Crippen LogP contribution in [0.5, 0.6) is 17.2 Å². The highest BCUT2D eigenvalue weighted by Gasteiger charge is 2.17. The third-order valence-electron chi connectivity index (χ3n) is 3.12. The molecule has 0 fully saturated rings. The number of aliphatic hydroxyl groups excluding tert-OH is 2. The van der Waals surface area contributed by atoms with Gasteiger partial charge in [-0.25, -0.2) is 0 Å². The first-order valence-electron chi connectivity index (χ1n) is 6.16. The summed E-state index contributed by atoms with van der Waals surface area (Å²) in [6.45, 7) is 0. The number of phenols is 3. The molecule has 1 aliphatic rings. The molecule has 2 rings (SSSR count). The lowest BCUT2D eigenvalue weighted by Crippen LogP contribution is -2.04. The average Bonchev–Trinajstić information content (AvgIpc) is 2.46. The number of phenolic OH excluding ortho intramolecular Hbond substituents is 3. The van der Waals surface area contributed by atoms with Crippen LogP contribution < -0.4 is 0 Å². The average molecular weight is 290 g/mol. The van der Waals surface area contributed by atoms with Crippen molar-refractivity contribution < 1.29 is 30.3 Å². The van der Waals surface area contributed by atoms with E-state index in [9.17, 15) is 30.3 Å². The van der Waals surface area contributed by atoms with Crippen LogP contribution in [0.25, 0.3) is 0 Å². The Hall–Kier alpha value is -2.89. The van der Waals surface area contributed by atoms with E-state index in [0.29, 0.717) is 0 Å². The van der Waals surface area contributed by atoms with Crippen molar-refractivity contribution >= 4 is 5.78 Å². The first kappa shape index (κ1) is 14.5. The molecule has 1 aromatic carbocycles. The summed E-state index contributed by atoms with van der Waals surface area (Å²) in [6.07, 6.45) is 5.81. The van der Waals surface area contributed by atoms with Gasteiger partial charge >= 0.3 is 0 Å². The number of allylic oxidation sites excluding steroid dienone is 5. The molecule has 6 nitrogen and oxygen atoms in total. The molecule has 0 heterocycles. The predicted molar refractivity (Wildman–Crippen MR) is 74.4 cm³/mol. The van der Waals surface area contributed by atoms with Gasteiger partial charge < -0.3 is 25.5 Å². The quantitative estimate of drug-likeness (QED) is 0.331. The Morgan fingerprint density at radius 1 is 1.10 bits per heavy atom. The van der Waals surface area contributed by atoms with Gasteiger partial charge in [0, 0.05) is 12.3 Å². The highest BCUT2D eigenvalue weighted by Crippen LogP contribution is 2.37. The smallest absolute Gasteiger partial charge is 0.201 e. The van der Waals surface area contributed by atoms with Crippen molar-refractivity contribution in [3.63, 3.8) is 0 Å². The van der Waals surface area contributed by atoms with Gasteiger partial charge in [0.25, 0.3) is 0 Å². The predicted octanol–water partition coefficient (Wildman–Crippen LogP) is 2.45. The number of hydrogen-bond donors (Lipinski definition) is 5. The zero-order valence-corrected chi connectivity index (χ0v) is 10.9. The van der Waals surface area contributed by atoms with Crippen LogP contribution >= 0.6 is 0 Å². The minimum atomic E-state index is -0.752. The minimum Gasteiger partial charge on any atom is -0.508 e. The lowest BCUT2D eigenvalue weighted by atomic mass is 9.97. The fraction of sp³-hybridized carbons (Fsp3) is 0.133. The molecule has 0 saturated carbocycles. The number of hydrogen-bond acceptors (Lipinski definition) is 6. The molecule has 21 heavy (non-hydrogen) atoms. The Bertz CT molecular complexity index is 669. The van der Waals surface area contributed by atoms with Crippen molar-refractivity contribution in [3.05, 3.63) is 53.5 Å².